The monoisotopic (exact) mass is 367 g/mol. The van der Waals surface area contributed by atoms with Crippen LogP contribution in [0, 0.1) is 0 Å². The minimum atomic E-state index is 0. The normalized spacial score (nSPS) is 16.9. The number of hydrogen-bond donors (Lipinski definition) is 2. The number of hydrogen-bond acceptors (Lipinski definition) is 1. The summed E-state index contributed by atoms with van der Waals surface area (Å²) in [6.45, 7) is 7.45. The number of unbranched alkanes of at least 4 members (excludes halogenated alkanes) is 3. The van der Waals surface area contributed by atoms with E-state index in [0.717, 1.165) is 12.5 Å². The van der Waals surface area contributed by atoms with Crippen LogP contribution in [-0.4, -0.2) is 24.6 Å². The molecule has 0 heterocycles. The van der Waals surface area contributed by atoms with Gasteiger partial charge in [-0.2, -0.15) is 0 Å². The maximum atomic E-state index is 4.48. The highest BCUT2D eigenvalue weighted by Crippen LogP contribution is 2.18. The lowest BCUT2D eigenvalue weighted by Gasteiger charge is -2.18. The van der Waals surface area contributed by atoms with Gasteiger partial charge in [-0.05, 0) is 33.1 Å². The maximum absolute atomic E-state index is 4.48. The van der Waals surface area contributed by atoms with Gasteiger partial charge < -0.3 is 10.6 Å². The summed E-state index contributed by atoms with van der Waals surface area (Å²) in [5, 5.41) is 6.97. The summed E-state index contributed by atoms with van der Waals surface area (Å²) < 4.78 is 0. The molecule has 1 unspecified atom stereocenters. The number of halogens is 1. The Morgan fingerprint density at radius 3 is 2.50 bits per heavy atom. The first kappa shape index (κ1) is 18.0. The van der Waals surface area contributed by atoms with Crippen molar-refractivity contribution in [3.8, 4) is 0 Å². The van der Waals surface area contributed by atoms with E-state index in [2.05, 4.69) is 36.4 Å². The molecule has 0 radical (unpaired) electrons. The Morgan fingerprint density at radius 1 is 1.22 bits per heavy atom. The number of guanidine groups is 1. The zero-order valence-corrected chi connectivity index (χ0v) is 14.5. The molecule has 4 heteroatoms. The molecule has 0 saturated heterocycles. The molecule has 0 aromatic rings. The first-order chi connectivity index (χ1) is 8.26. The second-order valence-electron chi connectivity index (χ2n) is 5.14. The SMILES string of the molecule is CCCCCCC(C)NC(=NCC)NC1CC1.I. The van der Waals surface area contributed by atoms with Crippen LogP contribution in [0.2, 0.25) is 0 Å². The van der Waals surface area contributed by atoms with Crippen LogP contribution in [0.3, 0.4) is 0 Å². The molecular weight excluding hydrogens is 337 g/mol. The van der Waals surface area contributed by atoms with E-state index in [1.807, 2.05) is 0 Å². The fourth-order valence-corrected chi connectivity index (χ4v) is 1.89. The average molecular weight is 367 g/mol. The van der Waals surface area contributed by atoms with Gasteiger partial charge in [0, 0.05) is 18.6 Å². The molecular formula is C14H30IN3. The summed E-state index contributed by atoms with van der Waals surface area (Å²) in [7, 11) is 0. The van der Waals surface area contributed by atoms with Gasteiger partial charge in [-0.15, -0.1) is 24.0 Å². The number of nitrogens with zero attached hydrogens (tertiary/aromatic N) is 1. The standard InChI is InChI=1S/C14H29N3.HI/c1-4-6-7-8-9-12(3)16-14(15-5-2)17-13-10-11-13;/h12-13H,4-11H2,1-3H3,(H2,15,16,17);1H. The second kappa shape index (κ2) is 10.9. The van der Waals surface area contributed by atoms with Crippen LogP contribution in [0.1, 0.15) is 65.7 Å². The summed E-state index contributed by atoms with van der Waals surface area (Å²) in [5.41, 5.74) is 0. The summed E-state index contributed by atoms with van der Waals surface area (Å²) in [4.78, 5) is 4.48. The molecule has 2 N–H and O–H groups in total. The maximum Gasteiger partial charge on any atom is 0.191 e. The highest BCUT2D eigenvalue weighted by Gasteiger charge is 2.22. The molecule has 1 fully saturated rings. The average Bonchev–Trinajstić information content (AvgIpc) is 3.08. The molecule has 0 spiro atoms. The second-order valence-corrected chi connectivity index (χ2v) is 5.14. The summed E-state index contributed by atoms with van der Waals surface area (Å²) in [6, 6.07) is 1.21. The van der Waals surface area contributed by atoms with E-state index < -0.39 is 0 Å². The quantitative estimate of drug-likeness (QED) is 0.297. The van der Waals surface area contributed by atoms with Gasteiger partial charge in [0.1, 0.15) is 0 Å². The lowest BCUT2D eigenvalue weighted by atomic mass is 10.1. The van der Waals surface area contributed by atoms with Gasteiger partial charge in [0.05, 0.1) is 0 Å². The van der Waals surface area contributed by atoms with E-state index in [0.29, 0.717) is 12.1 Å². The van der Waals surface area contributed by atoms with E-state index in [1.165, 1.54) is 44.9 Å². The lowest BCUT2D eigenvalue weighted by molar-refractivity contribution is 0.536. The van der Waals surface area contributed by atoms with Crippen molar-refractivity contribution in [1.29, 1.82) is 0 Å². The Balaban J connectivity index is 0.00000289. The fraction of sp³-hybridized carbons (Fsp3) is 0.929. The van der Waals surface area contributed by atoms with E-state index >= 15 is 0 Å². The van der Waals surface area contributed by atoms with Crippen LogP contribution in [0.4, 0.5) is 0 Å². The minimum Gasteiger partial charge on any atom is -0.354 e. The van der Waals surface area contributed by atoms with E-state index in [-0.39, 0.29) is 24.0 Å². The molecule has 1 aliphatic rings. The van der Waals surface area contributed by atoms with Crippen molar-refractivity contribution >= 4 is 29.9 Å². The highest BCUT2D eigenvalue weighted by molar-refractivity contribution is 14.0. The number of rotatable bonds is 8. The van der Waals surface area contributed by atoms with Gasteiger partial charge >= 0.3 is 0 Å². The molecule has 0 aliphatic heterocycles. The zero-order chi connectivity index (χ0) is 12.5. The first-order valence-corrected chi connectivity index (χ1v) is 7.33. The predicted octanol–water partition coefficient (Wildman–Crippen LogP) is 3.68. The largest absolute Gasteiger partial charge is 0.354 e. The van der Waals surface area contributed by atoms with Crippen LogP contribution in [0.25, 0.3) is 0 Å². The van der Waals surface area contributed by atoms with Crippen molar-refractivity contribution in [1.82, 2.24) is 10.6 Å². The van der Waals surface area contributed by atoms with Crippen molar-refractivity contribution in [2.45, 2.75) is 77.8 Å². The van der Waals surface area contributed by atoms with Crippen LogP contribution < -0.4 is 10.6 Å². The summed E-state index contributed by atoms with van der Waals surface area (Å²) in [5.74, 6) is 1.01. The predicted molar refractivity (Wildman–Crippen MR) is 90.9 cm³/mol. The molecule has 1 atom stereocenters. The van der Waals surface area contributed by atoms with Gasteiger partial charge in [-0.25, -0.2) is 0 Å². The van der Waals surface area contributed by atoms with Crippen molar-refractivity contribution in [3.05, 3.63) is 0 Å². The Hall–Kier alpha value is 0. The molecule has 0 aromatic carbocycles. The highest BCUT2D eigenvalue weighted by atomic mass is 127. The Bertz CT molecular complexity index is 227. The third-order valence-electron chi connectivity index (χ3n) is 3.11. The third-order valence-corrected chi connectivity index (χ3v) is 3.11. The number of nitrogens with one attached hydrogen (secondary N) is 2. The molecule has 1 aliphatic carbocycles. The topological polar surface area (TPSA) is 36.4 Å². The summed E-state index contributed by atoms with van der Waals surface area (Å²) in [6.07, 6.45) is 9.21. The first-order valence-electron chi connectivity index (χ1n) is 7.33. The van der Waals surface area contributed by atoms with Gasteiger partial charge in [-0.1, -0.05) is 32.6 Å². The molecule has 108 valence electrons. The molecule has 0 aromatic heterocycles. The van der Waals surface area contributed by atoms with Gasteiger partial charge in [-0.3, -0.25) is 4.99 Å². The van der Waals surface area contributed by atoms with Gasteiger partial charge in [0.25, 0.3) is 0 Å². The van der Waals surface area contributed by atoms with Gasteiger partial charge in [0.15, 0.2) is 5.96 Å². The van der Waals surface area contributed by atoms with E-state index in [9.17, 15) is 0 Å². The Morgan fingerprint density at radius 2 is 1.94 bits per heavy atom. The van der Waals surface area contributed by atoms with E-state index in [4.69, 9.17) is 0 Å². The molecule has 1 saturated carbocycles. The van der Waals surface area contributed by atoms with Crippen molar-refractivity contribution in [3.63, 3.8) is 0 Å². The summed E-state index contributed by atoms with van der Waals surface area (Å²) >= 11 is 0. The molecule has 18 heavy (non-hydrogen) atoms. The molecule has 0 bridgehead atoms. The third kappa shape index (κ3) is 9.00. The van der Waals surface area contributed by atoms with Crippen LogP contribution >= 0.6 is 24.0 Å². The number of aliphatic imine (C=N–C) groups is 1. The van der Waals surface area contributed by atoms with Crippen molar-refractivity contribution in [2.75, 3.05) is 6.54 Å². The molecule has 1 rings (SSSR count). The van der Waals surface area contributed by atoms with E-state index in [1.54, 1.807) is 0 Å². The molecule has 0 amide bonds. The smallest absolute Gasteiger partial charge is 0.191 e. The van der Waals surface area contributed by atoms with Crippen molar-refractivity contribution < 1.29 is 0 Å². The van der Waals surface area contributed by atoms with Crippen LogP contribution in [-0.2, 0) is 0 Å². The van der Waals surface area contributed by atoms with Crippen LogP contribution in [0.15, 0.2) is 4.99 Å². The van der Waals surface area contributed by atoms with Crippen molar-refractivity contribution in [2.24, 2.45) is 4.99 Å². The molecule has 3 nitrogen and oxygen atoms in total. The zero-order valence-electron chi connectivity index (χ0n) is 12.2. The lowest BCUT2D eigenvalue weighted by Crippen LogP contribution is -2.43. The Labute approximate surface area is 130 Å². The fourth-order valence-electron chi connectivity index (χ4n) is 1.89. The van der Waals surface area contributed by atoms with Crippen LogP contribution in [0.5, 0.6) is 0 Å². The Kier molecular flexibility index (Phi) is 10.9. The minimum absolute atomic E-state index is 0. The van der Waals surface area contributed by atoms with Gasteiger partial charge in [0.2, 0.25) is 0 Å².